The van der Waals surface area contributed by atoms with Crippen LogP contribution in [0.4, 0.5) is 0 Å². The van der Waals surface area contributed by atoms with Gasteiger partial charge in [0.25, 0.3) is 0 Å². The second kappa shape index (κ2) is 4.69. The lowest BCUT2D eigenvalue weighted by atomic mass is 10.1. The lowest BCUT2D eigenvalue weighted by Crippen LogP contribution is -2.18. The molecule has 0 fully saturated rings. The van der Waals surface area contributed by atoms with E-state index in [0.717, 1.165) is 16.9 Å². The van der Waals surface area contributed by atoms with Crippen molar-refractivity contribution >= 4 is 0 Å². The zero-order valence-electron chi connectivity index (χ0n) is 10.1. The Bertz CT molecular complexity index is 519. The molecular formula is C13H17N3O. The highest BCUT2D eigenvalue weighted by Crippen LogP contribution is 2.20. The van der Waals surface area contributed by atoms with Crippen LogP contribution < -0.4 is 5.73 Å². The van der Waals surface area contributed by atoms with E-state index in [1.54, 1.807) is 12.5 Å². The van der Waals surface area contributed by atoms with Crippen LogP contribution in [0.5, 0.6) is 0 Å². The van der Waals surface area contributed by atoms with Crippen LogP contribution >= 0.6 is 0 Å². The van der Waals surface area contributed by atoms with Crippen molar-refractivity contribution in [1.82, 2.24) is 9.55 Å². The van der Waals surface area contributed by atoms with Gasteiger partial charge in [0, 0.05) is 5.69 Å². The maximum Gasteiger partial charge on any atom is 0.0994 e. The average Bonchev–Trinajstić information content (AvgIpc) is 2.77. The Kier molecular flexibility index (Phi) is 3.26. The fourth-order valence-electron chi connectivity index (χ4n) is 1.95. The van der Waals surface area contributed by atoms with Crippen molar-refractivity contribution in [3.05, 3.63) is 47.5 Å². The summed E-state index contributed by atoms with van der Waals surface area (Å²) < 4.78 is 1.93. The largest absolute Gasteiger partial charge is 0.394 e. The van der Waals surface area contributed by atoms with Crippen LogP contribution in [0.1, 0.15) is 22.9 Å². The smallest absolute Gasteiger partial charge is 0.0994 e. The van der Waals surface area contributed by atoms with Crippen LogP contribution in [-0.2, 0) is 0 Å². The summed E-state index contributed by atoms with van der Waals surface area (Å²) in [6.45, 7) is 4.03. The number of hydrogen-bond donors (Lipinski definition) is 2. The van der Waals surface area contributed by atoms with E-state index in [4.69, 9.17) is 10.8 Å². The molecule has 0 bridgehead atoms. The summed E-state index contributed by atoms with van der Waals surface area (Å²) in [7, 11) is 0. The molecule has 4 heteroatoms. The first kappa shape index (κ1) is 11.8. The Labute approximate surface area is 101 Å². The first-order valence-electron chi connectivity index (χ1n) is 5.60. The minimum atomic E-state index is -0.404. The summed E-state index contributed by atoms with van der Waals surface area (Å²) in [5.74, 6) is 0. The van der Waals surface area contributed by atoms with E-state index >= 15 is 0 Å². The monoisotopic (exact) mass is 231 g/mol. The first-order valence-corrected chi connectivity index (χ1v) is 5.60. The van der Waals surface area contributed by atoms with Gasteiger partial charge < -0.3 is 15.4 Å². The predicted octanol–water partition coefficient (Wildman–Crippen LogP) is 1.48. The van der Waals surface area contributed by atoms with Crippen molar-refractivity contribution in [2.75, 3.05) is 6.61 Å². The Morgan fingerprint density at radius 2 is 2.18 bits per heavy atom. The summed E-state index contributed by atoms with van der Waals surface area (Å²) in [6, 6.07) is 5.80. The number of hydrogen-bond acceptors (Lipinski definition) is 3. The summed E-state index contributed by atoms with van der Waals surface area (Å²) in [5, 5.41) is 9.13. The van der Waals surface area contributed by atoms with Gasteiger partial charge >= 0.3 is 0 Å². The third-order valence-electron chi connectivity index (χ3n) is 2.86. The molecule has 3 N–H and O–H groups in total. The average molecular weight is 231 g/mol. The molecule has 0 spiro atoms. The number of benzene rings is 1. The standard InChI is InChI=1S/C13H17N3O/c1-9-3-4-12(10(2)5-9)16-8-15-6-13(16)11(14)7-17/h3-6,8,11,17H,7,14H2,1-2H3. The number of rotatable bonds is 3. The van der Waals surface area contributed by atoms with E-state index in [0.29, 0.717) is 0 Å². The predicted molar refractivity (Wildman–Crippen MR) is 67.1 cm³/mol. The number of nitrogens with two attached hydrogens (primary N) is 1. The number of aromatic nitrogens is 2. The normalized spacial score (nSPS) is 12.7. The SMILES string of the molecule is Cc1ccc(-n2cncc2C(N)CO)c(C)c1. The molecule has 2 aromatic rings. The van der Waals surface area contributed by atoms with Crippen molar-refractivity contribution in [2.45, 2.75) is 19.9 Å². The lowest BCUT2D eigenvalue weighted by Gasteiger charge is -2.14. The molecule has 1 atom stereocenters. The van der Waals surface area contributed by atoms with Crippen molar-refractivity contribution in [3.8, 4) is 5.69 Å². The highest BCUT2D eigenvalue weighted by molar-refractivity contribution is 5.44. The summed E-state index contributed by atoms with van der Waals surface area (Å²) in [5.41, 5.74) is 10.1. The Morgan fingerprint density at radius 3 is 2.82 bits per heavy atom. The molecule has 2 rings (SSSR count). The van der Waals surface area contributed by atoms with E-state index < -0.39 is 6.04 Å². The second-order valence-corrected chi connectivity index (χ2v) is 4.27. The summed E-state index contributed by atoms with van der Waals surface area (Å²) in [6.07, 6.45) is 3.42. The van der Waals surface area contributed by atoms with Crippen molar-refractivity contribution in [1.29, 1.82) is 0 Å². The van der Waals surface area contributed by atoms with Gasteiger partial charge in [0.15, 0.2) is 0 Å². The Hall–Kier alpha value is -1.65. The Balaban J connectivity index is 2.50. The van der Waals surface area contributed by atoms with E-state index in [9.17, 15) is 0 Å². The molecule has 0 radical (unpaired) electrons. The molecule has 0 aliphatic heterocycles. The molecule has 90 valence electrons. The fourth-order valence-corrected chi connectivity index (χ4v) is 1.95. The van der Waals surface area contributed by atoms with E-state index in [2.05, 4.69) is 31.0 Å². The fraction of sp³-hybridized carbons (Fsp3) is 0.308. The minimum Gasteiger partial charge on any atom is -0.394 e. The number of aliphatic hydroxyl groups excluding tert-OH is 1. The van der Waals surface area contributed by atoms with Gasteiger partial charge in [-0.2, -0.15) is 0 Å². The number of imidazole rings is 1. The van der Waals surface area contributed by atoms with Crippen LogP contribution in [0, 0.1) is 13.8 Å². The molecule has 0 aliphatic rings. The molecule has 0 saturated carbocycles. The maximum atomic E-state index is 9.13. The third-order valence-corrected chi connectivity index (χ3v) is 2.86. The number of nitrogens with zero attached hydrogens (tertiary/aromatic N) is 2. The molecule has 1 heterocycles. The van der Waals surface area contributed by atoms with E-state index in [1.807, 2.05) is 10.6 Å². The molecule has 1 aromatic heterocycles. The Morgan fingerprint density at radius 1 is 1.41 bits per heavy atom. The molecule has 4 nitrogen and oxygen atoms in total. The van der Waals surface area contributed by atoms with Crippen LogP contribution in [0.25, 0.3) is 5.69 Å². The van der Waals surface area contributed by atoms with Crippen LogP contribution in [0.3, 0.4) is 0 Å². The molecule has 1 unspecified atom stereocenters. The topological polar surface area (TPSA) is 64.1 Å². The van der Waals surface area contributed by atoms with Gasteiger partial charge in [-0.1, -0.05) is 17.7 Å². The molecule has 17 heavy (non-hydrogen) atoms. The van der Waals surface area contributed by atoms with Crippen molar-refractivity contribution in [3.63, 3.8) is 0 Å². The van der Waals surface area contributed by atoms with Gasteiger partial charge in [-0.25, -0.2) is 4.98 Å². The molecule has 1 aromatic carbocycles. The molecular weight excluding hydrogens is 214 g/mol. The summed E-state index contributed by atoms with van der Waals surface area (Å²) >= 11 is 0. The van der Waals surface area contributed by atoms with Gasteiger partial charge in [0.2, 0.25) is 0 Å². The summed E-state index contributed by atoms with van der Waals surface area (Å²) in [4.78, 5) is 4.10. The second-order valence-electron chi connectivity index (χ2n) is 4.27. The quantitative estimate of drug-likeness (QED) is 0.841. The van der Waals surface area contributed by atoms with Gasteiger partial charge in [0.1, 0.15) is 0 Å². The van der Waals surface area contributed by atoms with Gasteiger partial charge in [0.05, 0.1) is 30.9 Å². The van der Waals surface area contributed by atoms with Gasteiger partial charge in [-0.05, 0) is 25.5 Å². The maximum absolute atomic E-state index is 9.13. The van der Waals surface area contributed by atoms with Crippen LogP contribution in [-0.4, -0.2) is 21.3 Å². The highest BCUT2D eigenvalue weighted by Gasteiger charge is 2.12. The van der Waals surface area contributed by atoms with Crippen LogP contribution in [0.2, 0.25) is 0 Å². The van der Waals surface area contributed by atoms with E-state index in [-0.39, 0.29) is 6.61 Å². The van der Waals surface area contributed by atoms with E-state index in [1.165, 1.54) is 5.56 Å². The van der Waals surface area contributed by atoms with Crippen LogP contribution in [0.15, 0.2) is 30.7 Å². The first-order chi connectivity index (χ1) is 8.13. The molecule has 0 aliphatic carbocycles. The minimum absolute atomic E-state index is 0.0867. The number of aryl methyl sites for hydroxylation is 2. The zero-order chi connectivity index (χ0) is 12.4. The zero-order valence-corrected chi connectivity index (χ0v) is 10.1. The van der Waals surface area contributed by atoms with Crippen molar-refractivity contribution in [2.24, 2.45) is 5.73 Å². The number of aliphatic hydroxyl groups is 1. The van der Waals surface area contributed by atoms with Gasteiger partial charge in [-0.3, -0.25) is 0 Å². The lowest BCUT2D eigenvalue weighted by molar-refractivity contribution is 0.265. The highest BCUT2D eigenvalue weighted by atomic mass is 16.3. The van der Waals surface area contributed by atoms with Gasteiger partial charge in [-0.15, -0.1) is 0 Å². The molecule has 0 amide bonds. The third kappa shape index (κ3) is 2.23. The molecule has 0 saturated heterocycles. The van der Waals surface area contributed by atoms with Crippen molar-refractivity contribution < 1.29 is 5.11 Å².